The summed E-state index contributed by atoms with van der Waals surface area (Å²) in [7, 11) is 0. The molecule has 10 atom stereocenters. The summed E-state index contributed by atoms with van der Waals surface area (Å²) in [5.74, 6) is 7.06. The van der Waals surface area contributed by atoms with Crippen molar-refractivity contribution in [2.75, 3.05) is 0 Å². The Morgan fingerprint density at radius 1 is 1.03 bits per heavy atom. The normalized spacial score (nSPS) is 50.8. The Bertz CT molecular complexity index is 883. The van der Waals surface area contributed by atoms with Gasteiger partial charge in [0.2, 0.25) is 0 Å². The lowest BCUT2D eigenvalue weighted by Crippen LogP contribution is -2.50. The minimum atomic E-state index is -0.404. The van der Waals surface area contributed by atoms with Gasteiger partial charge in [-0.05, 0) is 124 Å². The van der Waals surface area contributed by atoms with E-state index in [1.54, 1.807) is 6.20 Å². The Morgan fingerprint density at radius 3 is 2.58 bits per heavy atom. The molecule has 168 valence electrons. The fraction of sp³-hybridized carbons (Fsp3) is 0.852. The van der Waals surface area contributed by atoms with Gasteiger partial charge in [-0.15, -0.1) is 0 Å². The molecule has 5 fully saturated rings. The number of rotatable bonds is 3. The molecule has 1 aromatic rings. The summed E-state index contributed by atoms with van der Waals surface area (Å²) in [4.78, 5) is 0. The second-order valence-electron chi connectivity index (χ2n) is 12.6. The lowest BCUT2D eigenvalue weighted by molar-refractivity contribution is -0.101. The molecule has 1 heterocycles. The quantitative estimate of drug-likeness (QED) is 0.710. The Morgan fingerprint density at radius 2 is 1.81 bits per heavy atom. The monoisotopic (exact) mass is 421 g/mol. The molecule has 1 N–H and O–H groups in total. The Labute approximate surface area is 187 Å². The smallest absolute Gasteiger partial charge is 0.102 e. The van der Waals surface area contributed by atoms with Crippen LogP contribution in [0.15, 0.2) is 12.4 Å². The molecular formula is C27H39N3O. The fourth-order valence-electron chi connectivity index (χ4n) is 9.56. The van der Waals surface area contributed by atoms with Crippen LogP contribution in [0.3, 0.4) is 0 Å². The maximum atomic E-state index is 10.6. The van der Waals surface area contributed by atoms with Crippen LogP contribution in [0, 0.1) is 64.1 Å². The zero-order chi connectivity index (χ0) is 21.4. The SMILES string of the molecule is C[C@@]1(O)CC[C@H]2[C@H](CC[C@@H]3[C@@H]2CC[C@]2(C)[C@@H](C4CC4Cn4cc(C#N)cn4)CC[C@@H]32)C1. The lowest BCUT2D eigenvalue weighted by atomic mass is 9.49. The molecule has 0 saturated heterocycles. The first-order valence-corrected chi connectivity index (χ1v) is 13.0. The van der Waals surface area contributed by atoms with Crippen LogP contribution in [0.1, 0.15) is 83.6 Å². The fourth-order valence-corrected chi connectivity index (χ4v) is 9.56. The molecule has 5 aliphatic rings. The first-order chi connectivity index (χ1) is 14.9. The standard InChI is InChI=1S/C27H39N3O/c1-26(31)9-7-20-18(12-26)3-4-22-21(20)8-10-27(2)24(22)5-6-25(27)23-11-19(23)16-30-15-17(13-28)14-29-30/h14-15,18-25,31H,3-12,16H2,1-2H3/t18-,19?,20+,21-,22-,23?,24+,25-,26-,27+/m1/s1. The molecule has 0 aromatic carbocycles. The van der Waals surface area contributed by atoms with Crippen LogP contribution in [-0.4, -0.2) is 20.5 Å². The van der Waals surface area contributed by atoms with E-state index in [1.807, 2.05) is 10.9 Å². The summed E-state index contributed by atoms with van der Waals surface area (Å²) in [6.07, 6.45) is 16.9. The maximum Gasteiger partial charge on any atom is 0.102 e. The summed E-state index contributed by atoms with van der Waals surface area (Å²) in [6, 6.07) is 2.20. The second-order valence-corrected chi connectivity index (χ2v) is 12.6. The van der Waals surface area contributed by atoms with Gasteiger partial charge in [-0.1, -0.05) is 6.92 Å². The summed E-state index contributed by atoms with van der Waals surface area (Å²) in [5, 5.41) is 24.1. The summed E-state index contributed by atoms with van der Waals surface area (Å²) < 4.78 is 2.01. The molecule has 0 bridgehead atoms. The van der Waals surface area contributed by atoms with Gasteiger partial charge in [-0.2, -0.15) is 10.4 Å². The van der Waals surface area contributed by atoms with Crippen LogP contribution < -0.4 is 0 Å². The van der Waals surface area contributed by atoms with Gasteiger partial charge >= 0.3 is 0 Å². The maximum absolute atomic E-state index is 10.6. The minimum Gasteiger partial charge on any atom is -0.390 e. The summed E-state index contributed by atoms with van der Waals surface area (Å²) >= 11 is 0. The van der Waals surface area contributed by atoms with Crippen molar-refractivity contribution in [3.63, 3.8) is 0 Å². The van der Waals surface area contributed by atoms with E-state index in [2.05, 4.69) is 25.0 Å². The molecule has 4 nitrogen and oxygen atoms in total. The van der Waals surface area contributed by atoms with E-state index in [-0.39, 0.29) is 0 Å². The highest BCUT2D eigenvalue weighted by Gasteiger charge is 2.61. The first kappa shape index (κ1) is 20.3. The highest BCUT2D eigenvalue weighted by atomic mass is 16.3. The molecule has 0 radical (unpaired) electrons. The van der Waals surface area contributed by atoms with Crippen molar-refractivity contribution in [2.45, 2.75) is 90.2 Å². The van der Waals surface area contributed by atoms with Crippen LogP contribution in [0.2, 0.25) is 0 Å². The van der Waals surface area contributed by atoms with Gasteiger partial charge in [0.1, 0.15) is 6.07 Å². The molecule has 5 aliphatic carbocycles. The van der Waals surface area contributed by atoms with E-state index in [0.29, 0.717) is 11.0 Å². The van der Waals surface area contributed by atoms with Gasteiger partial charge in [-0.25, -0.2) is 0 Å². The molecule has 6 rings (SSSR count). The molecule has 0 spiro atoms. The number of hydrogen-bond donors (Lipinski definition) is 1. The van der Waals surface area contributed by atoms with Gasteiger partial charge < -0.3 is 5.11 Å². The van der Waals surface area contributed by atoms with Crippen molar-refractivity contribution in [1.29, 1.82) is 5.26 Å². The van der Waals surface area contributed by atoms with Gasteiger partial charge in [0, 0.05) is 12.7 Å². The molecule has 0 amide bonds. The van der Waals surface area contributed by atoms with Crippen LogP contribution >= 0.6 is 0 Å². The van der Waals surface area contributed by atoms with Crippen molar-refractivity contribution < 1.29 is 5.11 Å². The average molecular weight is 422 g/mol. The largest absolute Gasteiger partial charge is 0.390 e. The average Bonchev–Trinajstić information content (AvgIpc) is 3.16. The Balaban J connectivity index is 1.14. The number of nitriles is 1. The van der Waals surface area contributed by atoms with Crippen molar-refractivity contribution in [2.24, 2.45) is 52.8 Å². The highest BCUT2D eigenvalue weighted by molar-refractivity contribution is 5.21. The number of aromatic nitrogens is 2. The summed E-state index contributed by atoms with van der Waals surface area (Å²) in [5.41, 5.74) is 0.831. The molecule has 2 unspecified atom stereocenters. The van der Waals surface area contributed by atoms with E-state index in [9.17, 15) is 5.11 Å². The number of aliphatic hydroxyl groups is 1. The number of nitrogens with zero attached hydrogens (tertiary/aromatic N) is 3. The molecule has 31 heavy (non-hydrogen) atoms. The van der Waals surface area contributed by atoms with Crippen molar-refractivity contribution in [3.8, 4) is 6.07 Å². The first-order valence-electron chi connectivity index (χ1n) is 13.0. The van der Waals surface area contributed by atoms with Crippen LogP contribution in [0.5, 0.6) is 0 Å². The van der Waals surface area contributed by atoms with Crippen LogP contribution in [-0.2, 0) is 6.54 Å². The molecule has 4 heteroatoms. The van der Waals surface area contributed by atoms with Crippen LogP contribution in [0.4, 0.5) is 0 Å². The zero-order valence-electron chi connectivity index (χ0n) is 19.3. The Kier molecular flexibility index (Phi) is 4.63. The minimum absolute atomic E-state index is 0.404. The summed E-state index contributed by atoms with van der Waals surface area (Å²) in [6.45, 7) is 5.74. The van der Waals surface area contributed by atoms with Crippen molar-refractivity contribution in [1.82, 2.24) is 9.78 Å². The number of hydrogen-bond acceptors (Lipinski definition) is 3. The van der Waals surface area contributed by atoms with Crippen LogP contribution in [0.25, 0.3) is 0 Å². The molecular weight excluding hydrogens is 382 g/mol. The molecule has 0 aliphatic heterocycles. The Hall–Kier alpha value is -1.34. The zero-order valence-corrected chi connectivity index (χ0v) is 19.3. The topological polar surface area (TPSA) is 61.8 Å². The van der Waals surface area contributed by atoms with E-state index < -0.39 is 5.60 Å². The second kappa shape index (κ2) is 7.08. The van der Waals surface area contributed by atoms with E-state index in [4.69, 9.17) is 5.26 Å². The molecule has 5 saturated carbocycles. The van der Waals surface area contributed by atoms with Gasteiger partial charge in [0.25, 0.3) is 0 Å². The van der Waals surface area contributed by atoms with E-state index >= 15 is 0 Å². The predicted molar refractivity (Wildman–Crippen MR) is 120 cm³/mol. The van der Waals surface area contributed by atoms with Gasteiger partial charge in [0.15, 0.2) is 0 Å². The van der Waals surface area contributed by atoms with Crippen molar-refractivity contribution in [3.05, 3.63) is 18.0 Å². The lowest BCUT2D eigenvalue weighted by Gasteiger charge is -2.57. The highest BCUT2D eigenvalue weighted by Crippen LogP contribution is 2.68. The van der Waals surface area contributed by atoms with E-state index in [1.165, 1.54) is 51.4 Å². The number of fused-ring (bicyclic) bond motifs is 5. The third-order valence-electron chi connectivity index (χ3n) is 11.0. The third-order valence-corrected chi connectivity index (χ3v) is 11.0. The third kappa shape index (κ3) is 3.29. The van der Waals surface area contributed by atoms with Gasteiger partial charge in [0.05, 0.1) is 17.4 Å². The predicted octanol–water partition coefficient (Wildman–Crippen LogP) is 5.41. The molecule has 1 aromatic heterocycles. The van der Waals surface area contributed by atoms with E-state index in [0.717, 1.165) is 66.7 Å². The van der Waals surface area contributed by atoms with Crippen molar-refractivity contribution >= 4 is 0 Å². The van der Waals surface area contributed by atoms with Gasteiger partial charge in [-0.3, -0.25) is 4.68 Å².